The maximum absolute atomic E-state index is 13.4. The molecule has 3 amide bonds. The molecule has 12 nitrogen and oxygen atoms in total. The highest BCUT2D eigenvalue weighted by Gasteiger charge is 2.55. The number of thioether (sulfide) groups is 1. The fraction of sp³-hybridized carbons (Fsp3) is 0.565. The fourth-order valence-corrected chi connectivity index (χ4v) is 6.99. The van der Waals surface area contributed by atoms with Crippen molar-refractivity contribution >= 4 is 88.5 Å². The molecule has 0 aliphatic carbocycles. The number of nitrogens with one attached hydrogen (secondary N) is 2. The predicted molar refractivity (Wildman–Crippen MR) is 160 cm³/mol. The second kappa shape index (κ2) is 12.0. The second-order valence-electron chi connectivity index (χ2n) is 10.6. The molecule has 3 atom stereocenters. The summed E-state index contributed by atoms with van der Waals surface area (Å²) in [5.41, 5.74) is -0.419. The van der Waals surface area contributed by atoms with E-state index in [2.05, 4.69) is 43.4 Å². The molecule has 0 saturated carbocycles. The van der Waals surface area contributed by atoms with E-state index in [0.29, 0.717) is 4.43 Å². The Morgan fingerprint density at radius 1 is 1.21 bits per heavy atom. The number of anilines is 1. The number of halogens is 1. The number of amides is 3. The Labute approximate surface area is 249 Å². The van der Waals surface area contributed by atoms with Crippen LogP contribution < -0.4 is 10.6 Å². The summed E-state index contributed by atoms with van der Waals surface area (Å²) >= 11 is 4.69. The zero-order valence-electron chi connectivity index (χ0n) is 22.9. The smallest absolute Gasteiger partial charge is 0.413 e. The summed E-state index contributed by atoms with van der Waals surface area (Å²) < 4.78 is 10.7. The largest absolute Gasteiger partial charge is 0.539 e. The number of oxime groups is 1. The van der Waals surface area contributed by atoms with Crippen LogP contribution in [0.3, 0.4) is 0 Å². The van der Waals surface area contributed by atoms with Gasteiger partial charge in [-0.05, 0) is 54.0 Å². The number of β-lactam (4-membered cyclic amide) rings is 1. The Morgan fingerprint density at radius 3 is 2.44 bits per heavy atom. The van der Waals surface area contributed by atoms with E-state index in [0.717, 1.165) is 16.9 Å². The van der Waals surface area contributed by atoms with Crippen molar-refractivity contribution in [2.24, 2.45) is 5.16 Å². The molecule has 3 heterocycles. The molecule has 3 rings (SSSR count). The van der Waals surface area contributed by atoms with Crippen molar-refractivity contribution in [3.05, 3.63) is 22.3 Å². The van der Waals surface area contributed by atoms with Gasteiger partial charge in [-0.25, -0.2) is 14.6 Å². The van der Waals surface area contributed by atoms with E-state index in [9.17, 15) is 19.2 Å². The number of fused-ring (bicyclic) bond motifs is 1. The minimum atomic E-state index is -0.904. The Balaban J connectivity index is 1.83. The molecule has 0 spiro atoms. The average Bonchev–Trinajstić information content (AvgIpc) is 3.27. The number of ether oxygens (including phenoxy) is 1. The van der Waals surface area contributed by atoms with Crippen molar-refractivity contribution in [1.29, 1.82) is 0 Å². The van der Waals surface area contributed by atoms with Crippen LogP contribution in [0.15, 0.2) is 21.8 Å². The van der Waals surface area contributed by atoms with Crippen molar-refractivity contribution in [2.45, 2.75) is 76.3 Å². The van der Waals surface area contributed by atoms with Crippen molar-refractivity contribution in [1.82, 2.24) is 15.2 Å². The molecular weight excluding hydrogens is 660 g/mol. The van der Waals surface area contributed by atoms with Crippen LogP contribution in [0.2, 0.25) is 0 Å². The van der Waals surface area contributed by atoms with Crippen LogP contribution in [0.5, 0.6) is 0 Å². The third-order valence-electron chi connectivity index (χ3n) is 5.21. The normalized spacial score (nSPS) is 21.5. The molecule has 39 heavy (non-hydrogen) atoms. The molecule has 2 N–H and O–H groups in total. The van der Waals surface area contributed by atoms with E-state index in [1.807, 2.05) is 6.92 Å². The summed E-state index contributed by atoms with van der Waals surface area (Å²) in [6.07, 6.45) is -0.693. The van der Waals surface area contributed by atoms with Gasteiger partial charge in [0, 0.05) is 15.1 Å². The van der Waals surface area contributed by atoms with E-state index in [1.54, 1.807) is 41.5 Å². The third kappa shape index (κ3) is 7.45. The lowest BCUT2D eigenvalue weighted by Gasteiger charge is -2.51. The molecule has 1 saturated heterocycles. The number of hydrogen-bond acceptors (Lipinski definition) is 11. The number of hydrogen-bond donors (Lipinski definition) is 2. The molecule has 0 bridgehead atoms. The highest BCUT2D eigenvalue weighted by molar-refractivity contribution is 14.1. The molecule has 2 aliphatic heterocycles. The SMILES string of the molecule is BOC(=O)C1=C(CI)[C@H](C)S[C@@H]2[C@H](NC(=O)/C(=N\OC(C)(C)C)c3csc(NC(=O)OC(C)(C)C)n3)C(=O)N12. The summed E-state index contributed by atoms with van der Waals surface area (Å²) in [5.74, 6) is -1.72. The Hall–Kier alpha value is -2.34. The molecule has 0 aromatic carbocycles. The predicted octanol–water partition coefficient (Wildman–Crippen LogP) is 2.58. The minimum absolute atomic E-state index is 0.0675. The monoisotopic (exact) mass is 691 g/mol. The van der Waals surface area contributed by atoms with E-state index in [1.165, 1.54) is 30.1 Å². The second-order valence-corrected chi connectivity index (χ2v) is 13.7. The first-order valence-corrected chi connectivity index (χ1v) is 15.3. The number of thiazole rings is 1. The van der Waals surface area contributed by atoms with Gasteiger partial charge in [-0.1, -0.05) is 27.7 Å². The van der Waals surface area contributed by atoms with Crippen LogP contribution in [-0.2, 0) is 28.6 Å². The summed E-state index contributed by atoms with van der Waals surface area (Å²) in [7, 11) is 1.27. The van der Waals surface area contributed by atoms with Gasteiger partial charge in [0.2, 0.25) is 0 Å². The van der Waals surface area contributed by atoms with E-state index in [-0.39, 0.29) is 27.5 Å². The molecule has 16 heteroatoms. The van der Waals surface area contributed by atoms with E-state index in [4.69, 9.17) is 14.2 Å². The topological polar surface area (TPSA) is 149 Å². The standard InChI is InChI=1S/C23H31BIN5O7S2/c1-10-11(8-25)15(19(33)36-24)30-17(32)14(18(30)39-10)27-16(31)13(29-37-23(5,6)7)12-9-38-20(26-12)28-21(34)35-22(2,3)4/h9-10,14,18H,8,24H2,1-7H3,(H,27,31)(H,26,28,34)/b29-13-/t10-,14+,18+/m0/s1. The van der Waals surface area contributed by atoms with Gasteiger partial charge in [0.15, 0.2) is 10.8 Å². The third-order valence-corrected chi connectivity index (χ3v) is 8.25. The number of alkyl halides is 1. The Kier molecular flexibility index (Phi) is 9.63. The molecule has 0 radical (unpaired) electrons. The molecule has 2 aliphatic rings. The van der Waals surface area contributed by atoms with Crippen LogP contribution in [0.1, 0.15) is 54.2 Å². The molecule has 1 aromatic rings. The van der Waals surface area contributed by atoms with Crippen LogP contribution in [0.4, 0.5) is 9.93 Å². The summed E-state index contributed by atoms with van der Waals surface area (Å²) in [6.45, 7) is 12.4. The van der Waals surface area contributed by atoms with Crippen LogP contribution in [-0.4, -0.2) is 79.8 Å². The number of carbonyl (C=O) groups excluding carboxylic acids is 4. The Bertz CT molecular complexity index is 1220. The fourth-order valence-electron chi connectivity index (χ4n) is 3.54. The number of nitrogens with zero attached hydrogens (tertiary/aromatic N) is 3. The first-order chi connectivity index (χ1) is 18.1. The maximum Gasteiger partial charge on any atom is 0.413 e. The summed E-state index contributed by atoms with van der Waals surface area (Å²) in [4.78, 5) is 62.4. The van der Waals surface area contributed by atoms with Gasteiger partial charge in [-0.2, -0.15) is 0 Å². The van der Waals surface area contributed by atoms with Gasteiger partial charge in [-0.3, -0.25) is 19.8 Å². The number of aromatic nitrogens is 1. The summed E-state index contributed by atoms with van der Waals surface area (Å²) in [5, 5.41) is 10.5. The van der Waals surface area contributed by atoms with Crippen molar-refractivity contribution < 1.29 is 33.4 Å². The molecule has 1 aromatic heterocycles. The van der Waals surface area contributed by atoms with Gasteiger partial charge in [0.1, 0.15) is 34.0 Å². The maximum atomic E-state index is 13.4. The van der Waals surface area contributed by atoms with Crippen LogP contribution in [0.25, 0.3) is 0 Å². The highest BCUT2D eigenvalue weighted by Crippen LogP contribution is 2.44. The van der Waals surface area contributed by atoms with Crippen LogP contribution >= 0.6 is 45.7 Å². The molecule has 1 fully saturated rings. The van der Waals surface area contributed by atoms with E-state index >= 15 is 0 Å². The zero-order valence-corrected chi connectivity index (χ0v) is 26.7. The van der Waals surface area contributed by atoms with Crippen molar-refractivity contribution in [2.75, 3.05) is 9.74 Å². The first-order valence-electron chi connectivity index (χ1n) is 11.9. The summed E-state index contributed by atoms with van der Waals surface area (Å²) in [6, 6.07) is -0.904. The lowest BCUT2D eigenvalue weighted by Crippen LogP contribution is -2.71. The van der Waals surface area contributed by atoms with Crippen LogP contribution in [0, 0.1) is 0 Å². The number of rotatable bonds is 7. The molecular formula is C23H31BIN5O7S2. The molecule has 0 unspecified atom stereocenters. The Morgan fingerprint density at radius 2 is 1.87 bits per heavy atom. The average molecular weight is 691 g/mol. The van der Waals surface area contributed by atoms with Crippen molar-refractivity contribution in [3.63, 3.8) is 0 Å². The quantitative estimate of drug-likeness (QED) is 0.110. The van der Waals surface area contributed by atoms with Gasteiger partial charge >= 0.3 is 20.1 Å². The lowest BCUT2D eigenvalue weighted by atomic mass is 10.0. The van der Waals surface area contributed by atoms with Gasteiger partial charge < -0.3 is 19.5 Å². The zero-order chi connectivity index (χ0) is 29.3. The minimum Gasteiger partial charge on any atom is -0.539 e. The highest BCUT2D eigenvalue weighted by atomic mass is 127. The van der Waals surface area contributed by atoms with E-state index < -0.39 is 46.5 Å². The number of carbonyl (C=O) groups is 4. The van der Waals surface area contributed by atoms with Gasteiger partial charge in [-0.15, -0.1) is 23.1 Å². The van der Waals surface area contributed by atoms with Gasteiger partial charge in [0.25, 0.3) is 11.8 Å². The van der Waals surface area contributed by atoms with Crippen molar-refractivity contribution in [3.8, 4) is 0 Å². The lowest BCUT2D eigenvalue weighted by molar-refractivity contribution is -0.149. The van der Waals surface area contributed by atoms with Gasteiger partial charge in [0.05, 0.1) is 0 Å². The molecule has 212 valence electrons. The first kappa shape index (κ1) is 31.2.